The summed E-state index contributed by atoms with van der Waals surface area (Å²) in [7, 11) is 0. The molecule has 1 aliphatic heterocycles. The van der Waals surface area contributed by atoms with Crippen LogP contribution in [-0.4, -0.2) is 56.7 Å². The maximum atomic E-state index is 13.8. The number of nitrogens with zero attached hydrogens (tertiary/aromatic N) is 3. The second-order valence-electron chi connectivity index (χ2n) is 7.01. The molecule has 0 spiro atoms. The third kappa shape index (κ3) is 6.90. The number of aliphatic imine (C=N–C) groups is 1. The van der Waals surface area contributed by atoms with Crippen molar-refractivity contribution in [3.8, 4) is 0 Å². The second-order valence-corrected chi connectivity index (χ2v) is 7.01. The van der Waals surface area contributed by atoms with E-state index in [-0.39, 0.29) is 5.82 Å². The average molecular weight is 349 g/mol. The van der Waals surface area contributed by atoms with Crippen molar-refractivity contribution < 1.29 is 4.39 Å². The van der Waals surface area contributed by atoms with Gasteiger partial charge in [0.15, 0.2) is 5.96 Å². The number of benzene rings is 1. The van der Waals surface area contributed by atoms with Crippen molar-refractivity contribution in [2.45, 2.75) is 26.7 Å². The lowest BCUT2D eigenvalue weighted by Gasteiger charge is -2.36. The predicted molar refractivity (Wildman–Crippen MR) is 104 cm³/mol. The van der Waals surface area contributed by atoms with E-state index >= 15 is 0 Å². The number of rotatable bonds is 8. The van der Waals surface area contributed by atoms with E-state index in [0.29, 0.717) is 17.6 Å². The number of para-hydroxylation sites is 1. The Labute approximate surface area is 151 Å². The maximum Gasteiger partial charge on any atom is 0.188 e. The van der Waals surface area contributed by atoms with E-state index in [0.717, 1.165) is 58.7 Å². The molecular weight excluding hydrogens is 317 g/mol. The molecule has 0 radical (unpaired) electrons. The van der Waals surface area contributed by atoms with E-state index in [1.807, 2.05) is 12.1 Å². The Hall–Kier alpha value is -1.82. The molecule has 2 rings (SSSR count). The van der Waals surface area contributed by atoms with Crippen LogP contribution in [0.5, 0.6) is 0 Å². The summed E-state index contributed by atoms with van der Waals surface area (Å²) in [6.07, 6.45) is 2.09. The standard InChI is InChI=1S/C19H32FN5/c1-16(2)8-10-23-19(21)22-9-5-11-24-12-14-25(15-13-24)18-7-4-3-6-17(18)20/h3-4,6-7,16H,5,8-15H2,1-2H3,(H3,21,22,23). The van der Waals surface area contributed by atoms with Gasteiger partial charge in [0.25, 0.3) is 0 Å². The van der Waals surface area contributed by atoms with Gasteiger partial charge in [-0.15, -0.1) is 0 Å². The molecule has 0 aliphatic carbocycles. The van der Waals surface area contributed by atoms with E-state index in [1.54, 1.807) is 6.07 Å². The third-order valence-corrected chi connectivity index (χ3v) is 4.51. The van der Waals surface area contributed by atoms with E-state index in [1.165, 1.54) is 6.07 Å². The highest BCUT2D eigenvalue weighted by atomic mass is 19.1. The number of anilines is 1. The number of hydrogen-bond acceptors (Lipinski definition) is 3. The first-order chi connectivity index (χ1) is 12.1. The number of nitrogens with one attached hydrogen (secondary N) is 1. The van der Waals surface area contributed by atoms with Gasteiger partial charge in [-0.05, 0) is 30.9 Å². The number of nitrogens with two attached hydrogens (primary N) is 1. The first-order valence-electron chi connectivity index (χ1n) is 9.32. The average Bonchev–Trinajstić information content (AvgIpc) is 2.59. The van der Waals surface area contributed by atoms with Gasteiger partial charge in [0.1, 0.15) is 5.82 Å². The highest BCUT2D eigenvalue weighted by Gasteiger charge is 2.18. The fraction of sp³-hybridized carbons (Fsp3) is 0.632. The quantitative estimate of drug-likeness (QED) is 0.429. The summed E-state index contributed by atoms with van der Waals surface area (Å²) in [5.74, 6) is 1.08. The zero-order chi connectivity index (χ0) is 18.1. The summed E-state index contributed by atoms with van der Waals surface area (Å²) < 4.78 is 13.8. The van der Waals surface area contributed by atoms with Gasteiger partial charge in [-0.1, -0.05) is 26.0 Å². The van der Waals surface area contributed by atoms with E-state index in [2.05, 4.69) is 34.0 Å². The zero-order valence-electron chi connectivity index (χ0n) is 15.5. The summed E-state index contributed by atoms with van der Waals surface area (Å²) in [6.45, 7) is 10.7. The minimum Gasteiger partial charge on any atom is -0.370 e. The van der Waals surface area contributed by atoms with Gasteiger partial charge < -0.3 is 16.0 Å². The molecule has 1 heterocycles. The first kappa shape index (κ1) is 19.5. The van der Waals surface area contributed by atoms with Crippen LogP contribution in [0.2, 0.25) is 0 Å². The molecule has 1 aliphatic rings. The second kappa shape index (κ2) is 10.2. The Bertz CT molecular complexity index is 538. The van der Waals surface area contributed by atoms with Crippen LogP contribution in [0, 0.1) is 11.7 Å². The summed E-state index contributed by atoms with van der Waals surface area (Å²) in [6, 6.07) is 7.01. The Kier molecular flexibility index (Phi) is 7.98. The van der Waals surface area contributed by atoms with Crippen molar-refractivity contribution in [1.29, 1.82) is 0 Å². The van der Waals surface area contributed by atoms with Crippen LogP contribution in [0.3, 0.4) is 0 Å². The number of halogens is 1. The third-order valence-electron chi connectivity index (χ3n) is 4.51. The van der Waals surface area contributed by atoms with Gasteiger partial charge in [-0.25, -0.2) is 4.39 Å². The van der Waals surface area contributed by atoms with Crippen molar-refractivity contribution in [1.82, 2.24) is 10.2 Å². The van der Waals surface area contributed by atoms with Crippen molar-refractivity contribution in [2.75, 3.05) is 50.7 Å². The molecule has 3 N–H and O–H groups in total. The maximum absolute atomic E-state index is 13.8. The largest absolute Gasteiger partial charge is 0.370 e. The zero-order valence-corrected chi connectivity index (χ0v) is 15.5. The van der Waals surface area contributed by atoms with Gasteiger partial charge in [-0.2, -0.15) is 0 Å². The van der Waals surface area contributed by atoms with Gasteiger partial charge >= 0.3 is 0 Å². The molecule has 0 amide bonds. The fourth-order valence-corrected chi connectivity index (χ4v) is 2.96. The van der Waals surface area contributed by atoms with Gasteiger partial charge in [0.05, 0.1) is 5.69 Å². The molecule has 1 aromatic rings. The van der Waals surface area contributed by atoms with Crippen LogP contribution in [0.4, 0.5) is 10.1 Å². The number of hydrogen-bond donors (Lipinski definition) is 2. The lowest BCUT2D eigenvalue weighted by Crippen LogP contribution is -2.47. The molecule has 0 bridgehead atoms. The molecule has 1 fully saturated rings. The molecule has 0 aromatic heterocycles. The minimum atomic E-state index is -0.134. The topological polar surface area (TPSA) is 56.9 Å². The fourth-order valence-electron chi connectivity index (χ4n) is 2.96. The summed E-state index contributed by atoms with van der Waals surface area (Å²) >= 11 is 0. The van der Waals surface area contributed by atoms with Crippen LogP contribution in [0.15, 0.2) is 29.3 Å². The van der Waals surface area contributed by atoms with Crippen LogP contribution < -0.4 is 16.0 Å². The highest BCUT2D eigenvalue weighted by Crippen LogP contribution is 2.20. The first-order valence-corrected chi connectivity index (χ1v) is 9.32. The van der Waals surface area contributed by atoms with Crippen molar-refractivity contribution in [2.24, 2.45) is 16.6 Å². The van der Waals surface area contributed by atoms with Gasteiger partial charge in [0, 0.05) is 45.8 Å². The molecule has 0 unspecified atom stereocenters. The molecule has 5 nitrogen and oxygen atoms in total. The Morgan fingerprint density at radius 2 is 1.96 bits per heavy atom. The molecular formula is C19H32FN5. The molecule has 1 saturated heterocycles. The number of piperazine rings is 1. The number of guanidine groups is 1. The molecule has 1 aromatic carbocycles. The highest BCUT2D eigenvalue weighted by molar-refractivity contribution is 5.77. The Morgan fingerprint density at radius 1 is 1.24 bits per heavy atom. The van der Waals surface area contributed by atoms with Gasteiger partial charge in [-0.3, -0.25) is 9.89 Å². The Morgan fingerprint density at radius 3 is 2.64 bits per heavy atom. The lowest BCUT2D eigenvalue weighted by atomic mass is 10.1. The summed E-state index contributed by atoms with van der Waals surface area (Å²) in [5.41, 5.74) is 6.57. The molecule has 0 atom stereocenters. The van der Waals surface area contributed by atoms with Crippen LogP contribution in [0.1, 0.15) is 26.7 Å². The van der Waals surface area contributed by atoms with E-state index in [9.17, 15) is 4.39 Å². The molecule has 140 valence electrons. The monoisotopic (exact) mass is 349 g/mol. The van der Waals surface area contributed by atoms with Crippen molar-refractivity contribution >= 4 is 11.6 Å². The molecule has 25 heavy (non-hydrogen) atoms. The molecule has 6 heteroatoms. The summed E-state index contributed by atoms with van der Waals surface area (Å²) in [5, 5.41) is 3.15. The van der Waals surface area contributed by atoms with Crippen LogP contribution in [0.25, 0.3) is 0 Å². The normalized spacial score (nSPS) is 16.5. The van der Waals surface area contributed by atoms with Crippen LogP contribution in [-0.2, 0) is 0 Å². The molecule has 0 saturated carbocycles. The predicted octanol–water partition coefficient (Wildman–Crippen LogP) is 2.29. The van der Waals surface area contributed by atoms with Gasteiger partial charge in [0.2, 0.25) is 0 Å². The lowest BCUT2D eigenvalue weighted by molar-refractivity contribution is 0.256. The Balaban J connectivity index is 1.62. The van der Waals surface area contributed by atoms with Crippen molar-refractivity contribution in [3.63, 3.8) is 0 Å². The van der Waals surface area contributed by atoms with E-state index < -0.39 is 0 Å². The van der Waals surface area contributed by atoms with E-state index in [4.69, 9.17) is 5.73 Å². The van der Waals surface area contributed by atoms with Crippen LogP contribution >= 0.6 is 0 Å². The van der Waals surface area contributed by atoms with Crippen molar-refractivity contribution in [3.05, 3.63) is 30.1 Å². The summed E-state index contributed by atoms with van der Waals surface area (Å²) in [4.78, 5) is 8.91. The SMILES string of the molecule is CC(C)CCNC(N)=NCCCN1CCN(c2ccccc2F)CC1. The minimum absolute atomic E-state index is 0.134. The smallest absolute Gasteiger partial charge is 0.188 e.